The van der Waals surface area contributed by atoms with Crippen molar-refractivity contribution in [3.05, 3.63) is 48.0 Å². The molecule has 0 saturated carbocycles. The summed E-state index contributed by atoms with van der Waals surface area (Å²) in [5.41, 5.74) is 1.17. The van der Waals surface area contributed by atoms with Gasteiger partial charge in [-0.05, 0) is 11.5 Å². The molecule has 0 heterocycles. The number of carbonyl (C=O) groups is 1. The van der Waals surface area contributed by atoms with E-state index in [-0.39, 0.29) is 5.97 Å². The zero-order valence-electron chi connectivity index (χ0n) is 11.0. The van der Waals surface area contributed by atoms with Gasteiger partial charge in [0.05, 0.1) is 13.2 Å². The molecule has 0 aliphatic rings. The summed E-state index contributed by atoms with van der Waals surface area (Å²) >= 11 is 0. The summed E-state index contributed by atoms with van der Waals surface area (Å²) in [4.78, 5) is 10.5. The Balaban J connectivity index is 2.13. The number of ether oxygens (including phenoxy) is 2. The minimum Gasteiger partial charge on any atom is -0.462 e. The van der Waals surface area contributed by atoms with Crippen molar-refractivity contribution >= 4 is 5.97 Å². The maximum absolute atomic E-state index is 10.5. The van der Waals surface area contributed by atoms with E-state index < -0.39 is 0 Å². The Morgan fingerprint density at radius 3 is 2.72 bits per heavy atom. The van der Waals surface area contributed by atoms with E-state index in [0.717, 1.165) is 0 Å². The summed E-state index contributed by atoms with van der Waals surface area (Å²) in [5, 5.41) is 0. The minimum absolute atomic E-state index is 0.257. The molecule has 0 aliphatic heterocycles. The molecule has 0 bridgehead atoms. The van der Waals surface area contributed by atoms with E-state index in [2.05, 4.69) is 6.92 Å². The smallest absolute Gasteiger partial charge is 0.302 e. The Bertz CT molecular complexity index is 371. The number of benzene rings is 1. The van der Waals surface area contributed by atoms with Crippen LogP contribution < -0.4 is 0 Å². The Morgan fingerprint density at radius 1 is 1.33 bits per heavy atom. The van der Waals surface area contributed by atoms with E-state index in [4.69, 9.17) is 9.47 Å². The van der Waals surface area contributed by atoms with Gasteiger partial charge in [-0.15, -0.1) is 0 Å². The van der Waals surface area contributed by atoms with Crippen molar-refractivity contribution in [1.29, 1.82) is 0 Å². The quantitative estimate of drug-likeness (QED) is 0.549. The fourth-order valence-electron chi connectivity index (χ4n) is 1.45. The maximum Gasteiger partial charge on any atom is 0.302 e. The van der Waals surface area contributed by atoms with Gasteiger partial charge < -0.3 is 9.47 Å². The molecule has 0 unspecified atom stereocenters. The topological polar surface area (TPSA) is 35.5 Å². The first-order valence-corrected chi connectivity index (χ1v) is 6.10. The Morgan fingerprint density at radius 2 is 2.06 bits per heavy atom. The van der Waals surface area contributed by atoms with E-state index in [0.29, 0.717) is 25.7 Å². The first-order chi connectivity index (χ1) is 8.68. The average molecular weight is 248 g/mol. The largest absolute Gasteiger partial charge is 0.462 e. The summed E-state index contributed by atoms with van der Waals surface area (Å²) in [6.45, 7) is 5.09. The Kier molecular flexibility index (Phi) is 6.81. The molecule has 1 rings (SSSR count). The van der Waals surface area contributed by atoms with Crippen LogP contribution in [-0.4, -0.2) is 19.2 Å². The van der Waals surface area contributed by atoms with Gasteiger partial charge >= 0.3 is 5.97 Å². The Hall–Kier alpha value is -1.61. The number of rotatable bonds is 7. The van der Waals surface area contributed by atoms with Gasteiger partial charge in [0.25, 0.3) is 0 Å². The van der Waals surface area contributed by atoms with Crippen LogP contribution in [0.4, 0.5) is 0 Å². The van der Waals surface area contributed by atoms with Gasteiger partial charge in [-0.2, -0.15) is 0 Å². The Labute approximate surface area is 108 Å². The van der Waals surface area contributed by atoms with Crippen LogP contribution in [0.1, 0.15) is 19.4 Å². The van der Waals surface area contributed by atoms with Crippen molar-refractivity contribution in [3.8, 4) is 0 Å². The molecule has 3 nitrogen and oxygen atoms in total. The van der Waals surface area contributed by atoms with E-state index >= 15 is 0 Å². The lowest BCUT2D eigenvalue weighted by molar-refractivity contribution is -0.139. The molecule has 0 amide bonds. The van der Waals surface area contributed by atoms with Crippen LogP contribution in [0.3, 0.4) is 0 Å². The standard InChI is InChI=1S/C15H20O3/c1-13(7-6-10-18-14(2)16)11-17-12-15-8-4-3-5-9-15/h3-9,13H,10-12H2,1-2H3/b7-6-/t13-/m0/s1. The fourth-order valence-corrected chi connectivity index (χ4v) is 1.45. The van der Waals surface area contributed by atoms with E-state index in [1.54, 1.807) is 0 Å². The molecular weight excluding hydrogens is 228 g/mol. The van der Waals surface area contributed by atoms with Gasteiger partial charge in [0, 0.05) is 6.92 Å². The number of carbonyl (C=O) groups excluding carboxylic acids is 1. The predicted octanol–water partition coefficient (Wildman–Crippen LogP) is 2.96. The van der Waals surface area contributed by atoms with Crippen molar-refractivity contribution in [1.82, 2.24) is 0 Å². The third kappa shape index (κ3) is 6.86. The summed E-state index contributed by atoms with van der Waals surface area (Å²) in [7, 11) is 0. The van der Waals surface area contributed by atoms with Crippen LogP contribution in [0.2, 0.25) is 0 Å². The second-order valence-corrected chi connectivity index (χ2v) is 4.21. The third-order valence-corrected chi connectivity index (χ3v) is 2.34. The molecule has 0 radical (unpaired) electrons. The first-order valence-electron chi connectivity index (χ1n) is 6.10. The highest BCUT2D eigenvalue weighted by atomic mass is 16.5. The molecular formula is C15H20O3. The molecule has 0 aromatic heterocycles. The van der Waals surface area contributed by atoms with Crippen LogP contribution >= 0.6 is 0 Å². The van der Waals surface area contributed by atoms with Gasteiger partial charge in [0.15, 0.2) is 0 Å². The van der Waals surface area contributed by atoms with Gasteiger partial charge in [-0.3, -0.25) is 4.79 Å². The highest BCUT2D eigenvalue weighted by Crippen LogP contribution is 2.04. The fraction of sp³-hybridized carbons (Fsp3) is 0.400. The summed E-state index contributed by atoms with van der Waals surface area (Å²) in [5.74, 6) is 0.0527. The second-order valence-electron chi connectivity index (χ2n) is 4.21. The molecule has 1 aromatic rings. The van der Waals surface area contributed by atoms with Crippen LogP contribution in [0.15, 0.2) is 42.5 Å². The van der Waals surface area contributed by atoms with E-state index in [9.17, 15) is 4.79 Å². The molecule has 0 N–H and O–H groups in total. The predicted molar refractivity (Wildman–Crippen MR) is 71.0 cm³/mol. The molecule has 3 heteroatoms. The first kappa shape index (κ1) is 14.5. The average Bonchev–Trinajstić information content (AvgIpc) is 2.36. The van der Waals surface area contributed by atoms with Crippen molar-refractivity contribution < 1.29 is 14.3 Å². The second kappa shape index (κ2) is 8.48. The summed E-state index contributed by atoms with van der Waals surface area (Å²) < 4.78 is 10.4. The monoisotopic (exact) mass is 248 g/mol. The summed E-state index contributed by atoms with van der Waals surface area (Å²) in [6.07, 6.45) is 3.84. The molecule has 18 heavy (non-hydrogen) atoms. The highest BCUT2D eigenvalue weighted by molar-refractivity contribution is 5.65. The molecule has 0 aliphatic carbocycles. The summed E-state index contributed by atoms with van der Waals surface area (Å²) in [6, 6.07) is 10.1. The van der Waals surface area contributed by atoms with Gasteiger partial charge in [-0.1, -0.05) is 49.4 Å². The van der Waals surface area contributed by atoms with Crippen LogP contribution in [-0.2, 0) is 20.9 Å². The van der Waals surface area contributed by atoms with Crippen molar-refractivity contribution in [2.45, 2.75) is 20.5 Å². The van der Waals surface area contributed by atoms with E-state index in [1.807, 2.05) is 42.5 Å². The zero-order chi connectivity index (χ0) is 13.2. The lowest BCUT2D eigenvalue weighted by Crippen LogP contribution is -2.04. The van der Waals surface area contributed by atoms with Crippen molar-refractivity contribution in [2.24, 2.45) is 5.92 Å². The maximum atomic E-state index is 10.5. The van der Waals surface area contributed by atoms with Crippen LogP contribution in [0.5, 0.6) is 0 Å². The lowest BCUT2D eigenvalue weighted by Gasteiger charge is -2.08. The lowest BCUT2D eigenvalue weighted by atomic mass is 10.2. The van der Waals surface area contributed by atoms with Crippen LogP contribution in [0.25, 0.3) is 0 Å². The van der Waals surface area contributed by atoms with E-state index in [1.165, 1.54) is 12.5 Å². The van der Waals surface area contributed by atoms with Crippen LogP contribution in [0, 0.1) is 5.92 Å². The minimum atomic E-state index is -0.257. The molecule has 0 saturated heterocycles. The highest BCUT2D eigenvalue weighted by Gasteiger charge is 1.98. The molecule has 1 aromatic carbocycles. The molecule has 0 spiro atoms. The zero-order valence-corrected chi connectivity index (χ0v) is 11.0. The molecule has 1 atom stereocenters. The number of hydrogen-bond donors (Lipinski definition) is 0. The van der Waals surface area contributed by atoms with Gasteiger partial charge in [-0.25, -0.2) is 0 Å². The molecule has 0 fully saturated rings. The van der Waals surface area contributed by atoms with Gasteiger partial charge in [0.2, 0.25) is 0 Å². The third-order valence-electron chi connectivity index (χ3n) is 2.34. The SMILES string of the molecule is CC(=O)OC/C=C\[C@H](C)COCc1ccccc1. The molecule has 98 valence electrons. The number of esters is 1. The van der Waals surface area contributed by atoms with Crippen molar-refractivity contribution in [2.75, 3.05) is 13.2 Å². The van der Waals surface area contributed by atoms with Crippen molar-refractivity contribution in [3.63, 3.8) is 0 Å². The normalized spacial score (nSPS) is 12.6. The number of hydrogen-bond acceptors (Lipinski definition) is 3. The van der Waals surface area contributed by atoms with Gasteiger partial charge in [0.1, 0.15) is 6.61 Å².